The normalized spacial score (nSPS) is 24.4. The summed E-state index contributed by atoms with van der Waals surface area (Å²) in [6.07, 6.45) is 14.2. The van der Waals surface area contributed by atoms with E-state index >= 15 is 0 Å². The van der Waals surface area contributed by atoms with Gasteiger partial charge in [-0.2, -0.15) is 0 Å². The van der Waals surface area contributed by atoms with E-state index in [0.717, 1.165) is 43.4 Å². The van der Waals surface area contributed by atoms with Gasteiger partial charge in [-0.15, -0.1) is 0 Å². The molecule has 2 unspecified atom stereocenters. The Hall–Kier alpha value is -2.17. The molecule has 2 aliphatic carbocycles. The van der Waals surface area contributed by atoms with E-state index in [1.54, 1.807) is 0 Å². The molecule has 2 N–H and O–H groups in total. The lowest BCUT2D eigenvalue weighted by atomic mass is 9.62. The number of carbonyl (C=O) groups is 3. The van der Waals surface area contributed by atoms with Crippen LogP contribution in [-0.2, 0) is 27.2 Å². The minimum Gasteiger partial charge on any atom is -0.384 e. The Morgan fingerprint density at radius 1 is 1.12 bits per heavy atom. The molecule has 5 heteroatoms. The number of carbonyl (C=O) groups excluding carboxylic acids is 3. The Morgan fingerprint density at radius 2 is 1.91 bits per heavy atom. The summed E-state index contributed by atoms with van der Waals surface area (Å²) in [6, 6.07) is 6.30. The van der Waals surface area contributed by atoms with Crippen molar-refractivity contribution in [2.45, 2.75) is 96.8 Å². The Bertz CT molecular complexity index is 882. The molecule has 1 aromatic rings. The van der Waals surface area contributed by atoms with Gasteiger partial charge in [0.05, 0.1) is 6.54 Å². The van der Waals surface area contributed by atoms with Gasteiger partial charge in [0.1, 0.15) is 5.78 Å². The van der Waals surface area contributed by atoms with Crippen molar-refractivity contribution in [2.24, 2.45) is 17.3 Å². The molecule has 1 amide bonds. The van der Waals surface area contributed by atoms with Crippen molar-refractivity contribution in [1.29, 1.82) is 0 Å². The fraction of sp³-hybridized carbons (Fsp3) is 0.690. The molecule has 0 radical (unpaired) electrons. The van der Waals surface area contributed by atoms with E-state index in [2.05, 4.69) is 35.8 Å². The first-order chi connectivity index (χ1) is 16.5. The van der Waals surface area contributed by atoms with E-state index in [4.69, 9.17) is 0 Å². The summed E-state index contributed by atoms with van der Waals surface area (Å²) in [5.41, 5.74) is 3.79. The van der Waals surface area contributed by atoms with Crippen LogP contribution in [-0.4, -0.2) is 30.6 Å². The molecule has 1 heterocycles. The van der Waals surface area contributed by atoms with Crippen molar-refractivity contribution in [3.05, 3.63) is 29.3 Å². The first-order valence-electron chi connectivity index (χ1n) is 13.7. The largest absolute Gasteiger partial charge is 0.384 e. The van der Waals surface area contributed by atoms with Gasteiger partial charge < -0.3 is 10.6 Å². The lowest BCUT2D eigenvalue weighted by molar-refractivity contribution is -0.128. The lowest BCUT2D eigenvalue weighted by Crippen LogP contribution is -2.38. The second-order valence-electron chi connectivity index (χ2n) is 11.0. The third-order valence-electron chi connectivity index (χ3n) is 8.68. The number of Topliss-reactive ketones (excluding diaryl/α,β-unsaturated/α-hetero) is 2. The summed E-state index contributed by atoms with van der Waals surface area (Å²) in [7, 11) is 0. The average molecular weight is 467 g/mol. The molecule has 5 nitrogen and oxygen atoms in total. The van der Waals surface area contributed by atoms with Crippen molar-refractivity contribution in [2.75, 3.05) is 18.4 Å². The van der Waals surface area contributed by atoms with E-state index in [-0.39, 0.29) is 30.1 Å². The van der Waals surface area contributed by atoms with Crippen molar-refractivity contribution in [3.63, 3.8) is 0 Å². The molecule has 4 rings (SSSR count). The van der Waals surface area contributed by atoms with E-state index in [1.165, 1.54) is 44.1 Å². The van der Waals surface area contributed by atoms with Crippen LogP contribution in [0.15, 0.2) is 18.2 Å². The number of fused-ring (bicyclic) bond motifs is 1. The zero-order chi connectivity index (χ0) is 24.0. The molecule has 1 aromatic carbocycles. The van der Waals surface area contributed by atoms with E-state index in [1.807, 2.05) is 0 Å². The quantitative estimate of drug-likeness (QED) is 0.564. The number of ketones is 2. The Morgan fingerprint density at radius 3 is 2.71 bits per heavy atom. The predicted molar refractivity (Wildman–Crippen MR) is 136 cm³/mol. The highest BCUT2D eigenvalue weighted by Gasteiger charge is 2.39. The maximum atomic E-state index is 12.9. The zero-order valence-corrected chi connectivity index (χ0v) is 20.9. The number of amides is 1. The van der Waals surface area contributed by atoms with Gasteiger partial charge in [0.2, 0.25) is 5.91 Å². The Kier molecular flexibility index (Phi) is 8.44. The minimum atomic E-state index is -0.0528. The first kappa shape index (κ1) is 24.9. The van der Waals surface area contributed by atoms with Gasteiger partial charge in [-0.3, -0.25) is 14.4 Å². The summed E-state index contributed by atoms with van der Waals surface area (Å²) >= 11 is 0. The highest BCUT2D eigenvalue weighted by Crippen LogP contribution is 2.49. The fourth-order valence-electron chi connectivity index (χ4n) is 6.58. The maximum absolute atomic E-state index is 12.9. The molecular weight excluding hydrogens is 424 g/mol. The number of anilines is 1. The van der Waals surface area contributed by atoms with Gasteiger partial charge >= 0.3 is 0 Å². The van der Waals surface area contributed by atoms with Crippen LogP contribution in [0.1, 0.15) is 95.1 Å². The number of rotatable bonds is 7. The standard InChI is InChI=1S/C29H42N2O3/c1-2-22-18-24-17-21(8-10-25(24)30-16-12-26(22)32)9-11-28(34)31-20-27(33)23-7-6-15-29(19-23)13-4-3-5-14-29/h8,10,17,22-23,30H,2-7,9,11-16,18-20H2,1H3,(H,31,34). The van der Waals surface area contributed by atoms with Gasteiger partial charge in [0, 0.05) is 36.9 Å². The number of hydrogen-bond acceptors (Lipinski definition) is 4. The maximum Gasteiger partial charge on any atom is 0.220 e. The average Bonchev–Trinajstić information content (AvgIpc) is 2.84. The van der Waals surface area contributed by atoms with Crippen molar-refractivity contribution in [3.8, 4) is 0 Å². The van der Waals surface area contributed by atoms with E-state index in [0.29, 0.717) is 37.0 Å². The zero-order valence-electron chi connectivity index (χ0n) is 20.9. The van der Waals surface area contributed by atoms with Crippen molar-refractivity contribution >= 4 is 23.2 Å². The number of benzene rings is 1. The molecule has 3 aliphatic rings. The second kappa shape index (κ2) is 11.5. The predicted octanol–water partition coefficient (Wildman–Crippen LogP) is 5.40. The third kappa shape index (κ3) is 6.28. The highest BCUT2D eigenvalue weighted by atomic mass is 16.2. The molecule has 0 aromatic heterocycles. The first-order valence-corrected chi connectivity index (χ1v) is 13.7. The molecule has 1 aliphatic heterocycles. The van der Waals surface area contributed by atoms with Crippen LogP contribution < -0.4 is 10.6 Å². The third-order valence-corrected chi connectivity index (χ3v) is 8.68. The van der Waals surface area contributed by atoms with Crippen LogP contribution in [0.4, 0.5) is 5.69 Å². The summed E-state index contributed by atoms with van der Waals surface area (Å²) in [5, 5.41) is 6.28. The summed E-state index contributed by atoms with van der Waals surface area (Å²) in [6.45, 7) is 2.93. The van der Waals surface area contributed by atoms with Gasteiger partial charge in [-0.05, 0) is 74.0 Å². The second-order valence-corrected chi connectivity index (χ2v) is 11.0. The molecule has 186 valence electrons. The SMILES string of the molecule is CCC1Cc2cc(CCC(=O)NCC(=O)C3CCCC4(CCCCC4)C3)ccc2NCCC1=O. The number of hydrogen-bond donors (Lipinski definition) is 2. The summed E-state index contributed by atoms with van der Waals surface area (Å²) in [5.74, 6) is 0.714. The van der Waals surface area contributed by atoms with Gasteiger partial charge in [0.15, 0.2) is 5.78 Å². The molecule has 2 saturated carbocycles. The van der Waals surface area contributed by atoms with Crippen LogP contribution in [0.3, 0.4) is 0 Å². The highest BCUT2D eigenvalue weighted by molar-refractivity contribution is 5.87. The fourth-order valence-corrected chi connectivity index (χ4v) is 6.58. The van der Waals surface area contributed by atoms with Gasteiger partial charge in [0.25, 0.3) is 0 Å². The van der Waals surface area contributed by atoms with Crippen LogP contribution >= 0.6 is 0 Å². The lowest BCUT2D eigenvalue weighted by Gasteiger charge is -2.43. The number of nitrogens with one attached hydrogen (secondary N) is 2. The monoisotopic (exact) mass is 466 g/mol. The van der Waals surface area contributed by atoms with Crippen LogP contribution in [0.5, 0.6) is 0 Å². The Labute approximate surface area is 204 Å². The number of aryl methyl sites for hydroxylation is 1. The topological polar surface area (TPSA) is 75.3 Å². The van der Waals surface area contributed by atoms with E-state index < -0.39 is 0 Å². The minimum absolute atomic E-state index is 0.0528. The van der Waals surface area contributed by atoms with Crippen LogP contribution in [0.2, 0.25) is 0 Å². The smallest absolute Gasteiger partial charge is 0.220 e. The van der Waals surface area contributed by atoms with Crippen LogP contribution in [0.25, 0.3) is 0 Å². The van der Waals surface area contributed by atoms with Gasteiger partial charge in [-0.25, -0.2) is 0 Å². The van der Waals surface area contributed by atoms with E-state index in [9.17, 15) is 14.4 Å². The van der Waals surface area contributed by atoms with Gasteiger partial charge in [-0.1, -0.05) is 44.7 Å². The molecule has 1 spiro atoms. The molecule has 34 heavy (non-hydrogen) atoms. The molecular formula is C29H42N2O3. The van der Waals surface area contributed by atoms with Crippen LogP contribution in [0, 0.1) is 17.3 Å². The van der Waals surface area contributed by atoms with Crippen molar-refractivity contribution < 1.29 is 14.4 Å². The molecule has 2 fully saturated rings. The van der Waals surface area contributed by atoms with Crippen molar-refractivity contribution in [1.82, 2.24) is 5.32 Å². The summed E-state index contributed by atoms with van der Waals surface area (Å²) < 4.78 is 0. The molecule has 0 saturated heterocycles. The summed E-state index contributed by atoms with van der Waals surface area (Å²) in [4.78, 5) is 37.7. The molecule has 0 bridgehead atoms. The molecule has 2 atom stereocenters. The Balaban J connectivity index is 1.25.